The summed E-state index contributed by atoms with van der Waals surface area (Å²) < 4.78 is 28.0. The Balaban J connectivity index is 1.83. The van der Waals surface area contributed by atoms with Gasteiger partial charge in [0.2, 0.25) is 0 Å². The average Bonchev–Trinajstić information content (AvgIpc) is 2.70. The first kappa shape index (κ1) is 20.0. The topological polar surface area (TPSA) is 75.3 Å². The summed E-state index contributed by atoms with van der Waals surface area (Å²) in [6.45, 7) is 1.82. The zero-order valence-corrected chi connectivity index (χ0v) is 17.1. The third kappa shape index (κ3) is 4.74. The Hall–Kier alpha value is -2.77. The maximum absolute atomic E-state index is 12.7. The molecule has 1 amide bonds. The van der Waals surface area contributed by atoms with Crippen LogP contribution >= 0.6 is 11.8 Å². The predicted octanol–water partition coefficient (Wildman–Crippen LogP) is 4.77. The van der Waals surface area contributed by atoms with Gasteiger partial charge in [-0.1, -0.05) is 30.3 Å². The van der Waals surface area contributed by atoms with Crippen molar-refractivity contribution in [2.24, 2.45) is 0 Å². The summed E-state index contributed by atoms with van der Waals surface area (Å²) in [5.74, 6) is -0.369. The molecular weight excluding hydrogens is 392 g/mol. The lowest BCUT2D eigenvalue weighted by molar-refractivity contribution is 0.102. The van der Waals surface area contributed by atoms with Gasteiger partial charge in [0.05, 0.1) is 10.6 Å². The number of thioether (sulfide) groups is 1. The fourth-order valence-electron chi connectivity index (χ4n) is 2.60. The van der Waals surface area contributed by atoms with Crippen LogP contribution in [0.4, 0.5) is 11.4 Å². The molecule has 0 fully saturated rings. The number of para-hydroxylation sites is 1. The van der Waals surface area contributed by atoms with E-state index in [-0.39, 0.29) is 16.4 Å². The highest BCUT2D eigenvalue weighted by Gasteiger charge is 2.17. The summed E-state index contributed by atoms with van der Waals surface area (Å²) in [6.07, 6.45) is 1.96. The number of hydrogen-bond acceptors (Lipinski definition) is 4. The van der Waals surface area contributed by atoms with Crippen molar-refractivity contribution in [3.8, 4) is 0 Å². The molecule has 3 aromatic rings. The predicted molar refractivity (Wildman–Crippen MR) is 115 cm³/mol. The zero-order chi connectivity index (χ0) is 20.1. The minimum atomic E-state index is -3.81. The van der Waals surface area contributed by atoms with Gasteiger partial charge in [-0.25, -0.2) is 8.42 Å². The number of benzene rings is 3. The number of sulfonamides is 1. The minimum Gasteiger partial charge on any atom is -0.322 e. The fraction of sp³-hybridized carbons (Fsp3) is 0.0952. The van der Waals surface area contributed by atoms with Crippen molar-refractivity contribution < 1.29 is 13.2 Å². The molecule has 5 nitrogen and oxygen atoms in total. The van der Waals surface area contributed by atoms with Crippen LogP contribution in [0.25, 0.3) is 0 Å². The van der Waals surface area contributed by atoms with Crippen LogP contribution in [0.5, 0.6) is 0 Å². The molecule has 0 unspecified atom stereocenters. The number of carbonyl (C=O) groups is 1. The van der Waals surface area contributed by atoms with E-state index in [9.17, 15) is 13.2 Å². The molecule has 2 N–H and O–H groups in total. The maximum Gasteiger partial charge on any atom is 0.261 e. The summed E-state index contributed by atoms with van der Waals surface area (Å²) in [6, 6.07) is 20.6. The second-order valence-electron chi connectivity index (χ2n) is 6.13. The first-order valence-corrected chi connectivity index (χ1v) is 11.2. The van der Waals surface area contributed by atoms with Crippen LogP contribution in [0.15, 0.2) is 82.6 Å². The molecule has 144 valence electrons. The molecule has 28 heavy (non-hydrogen) atoms. The van der Waals surface area contributed by atoms with Crippen LogP contribution in [0.1, 0.15) is 15.9 Å². The molecule has 0 radical (unpaired) electrons. The van der Waals surface area contributed by atoms with Gasteiger partial charge < -0.3 is 5.32 Å². The van der Waals surface area contributed by atoms with E-state index in [4.69, 9.17) is 0 Å². The maximum atomic E-state index is 12.7. The van der Waals surface area contributed by atoms with Crippen molar-refractivity contribution in [2.45, 2.75) is 16.7 Å². The molecule has 3 rings (SSSR count). The van der Waals surface area contributed by atoms with Gasteiger partial charge in [-0.05, 0) is 61.2 Å². The number of amides is 1. The second-order valence-corrected chi connectivity index (χ2v) is 8.70. The van der Waals surface area contributed by atoms with Gasteiger partial charge in [-0.15, -0.1) is 11.8 Å². The van der Waals surface area contributed by atoms with Crippen LogP contribution in [-0.2, 0) is 10.0 Å². The van der Waals surface area contributed by atoms with Crippen LogP contribution in [0.3, 0.4) is 0 Å². The van der Waals surface area contributed by atoms with E-state index in [2.05, 4.69) is 10.0 Å². The van der Waals surface area contributed by atoms with Gasteiger partial charge in [-0.3, -0.25) is 9.52 Å². The third-order valence-electron chi connectivity index (χ3n) is 4.12. The molecule has 0 aliphatic carbocycles. The Morgan fingerprint density at radius 1 is 0.929 bits per heavy atom. The Morgan fingerprint density at radius 3 is 2.43 bits per heavy atom. The summed E-state index contributed by atoms with van der Waals surface area (Å²) in [5.41, 5.74) is 2.24. The second kappa shape index (κ2) is 8.50. The van der Waals surface area contributed by atoms with Crippen molar-refractivity contribution in [3.63, 3.8) is 0 Å². The molecule has 7 heteroatoms. The Bertz CT molecular complexity index is 1110. The summed E-state index contributed by atoms with van der Waals surface area (Å²) >= 11 is 1.57. The van der Waals surface area contributed by atoms with Crippen molar-refractivity contribution in [3.05, 3.63) is 83.9 Å². The number of nitrogens with one attached hydrogen (secondary N) is 2. The summed E-state index contributed by atoms with van der Waals surface area (Å²) in [7, 11) is -3.81. The first-order valence-electron chi connectivity index (χ1n) is 8.53. The van der Waals surface area contributed by atoms with Crippen molar-refractivity contribution in [2.75, 3.05) is 16.3 Å². The molecule has 0 atom stereocenters. The van der Waals surface area contributed by atoms with Crippen LogP contribution in [0, 0.1) is 6.92 Å². The van der Waals surface area contributed by atoms with E-state index < -0.39 is 10.0 Å². The highest BCUT2D eigenvalue weighted by molar-refractivity contribution is 7.98. The Kier molecular flexibility index (Phi) is 6.06. The van der Waals surface area contributed by atoms with Gasteiger partial charge >= 0.3 is 0 Å². The molecule has 0 aliphatic heterocycles. The average molecular weight is 413 g/mol. The van der Waals surface area contributed by atoms with Crippen molar-refractivity contribution in [1.29, 1.82) is 0 Å². The van der Waals surface area contributed by atoms with Crippen molar-refractivity contribution in [1.82, 2.24) is 0 Å². The largest absolute Gasteiger partial charge is 0.322 e. The quantitative estimate of drug-likeness (QED) is 0.572. The van der Waals surface area contributed by atoms with Gasteiger partial charge in [0.15, 0.2) is 0 Å². The number of anilines is 2. The summed E-state index contributed by atoms with van der Waals surface area (Å²) in [4.78, 5) is 13.6. The van der Waals surface area contributed by atoms with Gasteiger partial charge in [0, 0.05) is 16.1 Å². The number of aryl methyl sites for hydroxylation is 1. The van der Waals surface area contributed by atoms with Crippen LogP contribution in [-0.4, -0.2) is 20.6 Å². The highest BCUT2D eigenvalue weighted by Crippen LogP contribution is 2.22. The van der Waals surface area contributed by atoms with E-state index in [0.717, 1.165) is 10.5 Å². The molecule has 3 aromatic carbocycles. The van der Waals surface area contributed by atoms with Crippen LogP contribution in [0.2, 0.25) is 0 Å². The molecule has 0 aliphatic rings. The van der Waals surface area contributed by atoms with Crippen LogP contribution < -0.4 is 10.0 Å². The van der Waals surface area contributed by atoms with Gasteiger partial charge in [0.25, 0.3) is 15.9 Å². The van der Waals surface area contributed by atoms with Gasteiger partial charge in [0.1, 0.15) is 0 Å². The molecule has 0 bridgehead atoms. The molecule has 0 saturated heterocycles. The van der Waals surface area contributed by atoms with E-state index in [1.165, 1.54) is 12.1 Å². The first-order chi connectivity index (χ1) is 13.4. The molecule has 0 saturated carbocycles. The normalized spacial score (nSPS) is 11.1. The Labute approximate surface area is 169 Å². The SMILES string of the molecule is CSc1cccc(NC(=O)c2cccc(S(=O)(=O)Nc3ccccc3C)c2)c1. The fourth-order valence-corrected chi connectivity index (χ4v) is 4.24. The molecular formula is C21H20N2O3S2. The lowest BCUT2D eigenvalue weighted by Crippen LogP contribution is -2.16. The number of hydrogen-bond donors (Lipinski definition) is 2. The third-order valence-corrected chi connectivity index (χ3v) is 6.21. The zero-order valence-electron chi connectivity index (χ0n) is 15.5. The smallest absolute Gasteiger partial charge is 0.261 e. The van der Waals surface area contributed by atoms with E-state index in [1.54, 1.807) is 42.1 Å². The minimum absolute atomic E-state index is 0.0290. The molecule has 0 aromatic heterocycles. The lowest BCUT2D eigenvalue weighted by Gasteiger charge is -2.11. The number of carbonyl (C=O) groups excluding carboxylic acids is 1. The molecule has 0 spiro atoms. The standard InChI is InChI=1S/C21H20N2O3S2/c1-15-7-3-4-12-20(15)23-28(25,26)19-11-5-8-16(13-19)21(24)22-17-9-6-10-18(14-17)27-2/h3-14,23H,1-2H3,(H,22,24). The van der Waals surface area contributed by atoms with Crippen molar-refractivity contribution >= 4 is 39.1 Å². The molecule has 0 heterocycles. The lowest BCUT2D eigenvalue weighted by atomic mass is 10.2. The van der Waals surface area contributed by atoms with E-state index in [1.807, 2.05) is 43.5 Å². The van der Waals surface area contributed by atoms with Gasteiger partial charge in [-0.2, -0.15) is 0 Å². The highest BCUT2D eigenvalue weighted by atomic mass is 32.2. The summed E-state index contributed by atoms with van der Waals surface area (Å²) in [5, 5.41) is 2.80. The van der Waals surface area contributed by atoms with E-state index >= 15 is 0 Å². The monoisotopic (exact) mass is 412 g/mol. The number of rotatable bonds is 6. The Morgan fingerprint density at radius 2 is 1.68 bits per heavy atom. The van der Waals surface area contributed by atoms with E-state index in [0.29, 0.717) is 11.4 Å².